The molecule has 0 radical (unpaired) electrons. The van der Waals surface area contributed by atoms with Gasteiger partial charge in [-0.05, 0) is 82.5 Å². The maximum Gasteiger partial charge on any atom is 0.242 e. The summed E-state index contributed by atoms with van der Waals surface area (Å²) < 4.78 is 0. The lowest BCUT2D eigenvalue weighted by molar-refractivity contribution is -0.160. The van der Waals surface area contributed by atoms with Crippen molar-refractivity contribution < 1.29 is 14.4 Å². The Hall–Kier alpha value is -1.59. The lowest BCUT2D eigenvalue weighted by atomic mass is 9.49. The third kappa shape index (κ3) is 4.17. The minimum Gasteiger partial charge on any atom is -0.354 e. The van der Waals surface area contributed by atoms with Crippen LogP contribution in [0.3, 0.4) is 0 Å². The van der Waals surface area contributed by atoms with E-state index in [0.717, 1.165) is 56.3 Å². The van der Waals surface area contributed by atoms with Crippen LogP contribution in [0.5, 0.6) is 0 Å². The molecule has 2 N–H and O–H groups in total. The Kier molecular flexibility index (Phi) is 5.90. The molecule has 4 bridgehead atoms. The summed E-state index contributed by atoms with van der Waals surface area (Å²) in [6.07, 6.45) is 9.87. The van der Waals surface area contributed by atoms with Crippen molar-refractivity contribution in [1.29, 1.82) is 0 Å². The van der Waals surface area contributed by atoms with Gasteiger partial charge in [-0.15, -0.1) is 0 Å². The Balaban J connectivity index is 1.32. The molecule has 29 heavy (non-hydrogen) atoms. The van der Waals surface area contributed by atoms with E-state index in [9.17, 15) is 14.4 Å². The highest BCUT2D eigenvalue weighted by Gasteiger charge is 2.56. The minimum atomic E-state index is -0.354. The second-order valence-corrected chi connectivity index (χ2v) is 10.3. The normalized spacial score (nSPS) is 36.1. The highest BCUT2D eigenvalue weighted by molar-refractivity contribution is 5.91. The molecule has 2 atom stereocenters. The van der Waals surface area contributed by atoms with Crippen LogP contribution in [0, 0.1) is 23.2 Å². The van der Waals surface area contributed by atoms with Crippen LogP contribution in [0.4, 0.5) is 0 Å². The van der Waals surface area contributed by atoms with E-state index in [1.54, 1.807) is 0 Å². The van der Waals surface area contributed by atoms with Gasteiger partial charge in [0, 0.05) is 25.6 Å². The predicted octanol–water partition coefficient (Wildman–Crippen LogP) is 2.61. The van der Waals surface area contributed by atoms with Crippen LogP contribution in [0.1, 0.15) is 78.1 Å². The molecule has 5 rings (SSSR count). The highest BCUT2D eigenvalue weighted by Crippen LogP contribution is 2.60. The fourth-order valence-electron chi connectivity index (χ4n) is 6.83. The van der Waals surface area contributed by atoms with Gasteiger partial charge in [-0.1, -0.05) is 6.92 Å². The van der Waals surface area contributed by atoms with Crippen LogP contribution in [-0.2, 0) is 14.4 Å². The van der Waals surface area contributed by atoms with Crippen molar-refractivity contribution in [2.24, 2.45) is 23.2 Å². The molecule has 6 nitrogen and oxygen atoms in total. The summed E-state index contributed by atoms with van der Waals surface area (Å²) in [7, 11) is 0. The molecule has 5 fully saturated rings. The Morgan fingerprint density at radius 1 is 1.07 bits per heavy atom. The van der Waals surface area contributed by atoms with E-state index in [4.69, 9.17) is 0 Å². The van der Waals surface area contributed by atoms with Gasteiger partial charge in [0.25, 0.3) is 0 Å². The zero-order valence-electron chi connectivity index (χ0n) is 18.0. The maximum absolute atomic E-state index is 13.6. The molecule has 0 aromatic carbocycles. The SMILES string of the molecule is CCC(C)NC(=O)CCNC(=O)C1CCCN1C(=O)C12CC3CC(CC(C3)C1)C2. The first-order valence-corrected chi connectivity index (χ1v) is 11.8. The molecule has 4 saturated carbocycles. The molecule has 0 aromatic heterocycles. The number of nitrogens with zero attached hydrogens (tertiary/aromatic N) is 1. The molecule has 1 aliphatic heterocycles. The van der Waals surface area contributed by atoms with Crippen molar-refractivity contribution in [1.82, 2.24) is 15.5 Å². The van der Waals surface area contributed by atoms with Gasteiger partial charge in [0.2, 0.25) is 17.7 Å². The van der Waals surface area contributed by atoms with Crippen molar-refractivity contribution in [3.8, 4) is 0 Å². The molecule has 1 heterocycles. The number of hydrogen-bond donors (Lipinski definition) is 2. The molecule has 2 unspecified atom stereocenters. The fraction of sp³-hybridized carbons (Fsp3) is 0.870. The number of amides is 3. The quantitative estimate of drug-likeness (QED) is 0.686. The zero-order chi connectivity index (χ0) is 20.6. The smallest absolute Gasteiger partial charge is 0.242 e. The van der Waals surface area contributed by atoms with Crippen molar-refractivity contribution in [3.05, 3.63) is 0 Å². The summed E-state index contributed by atoms with van der Waals surface area (Å²) in [5.74, 6) is 2.31. The van der Waals surface area contributed by atoms with Crippen LogP contribution in [0.25, 0.3) is 0 Å². The summed E-state index contributed by atoms with van der Waals surface area (Å²) in [5, 5.41) is 5.83. The summed E-state index contributed by atoms with van der Waals surface area (Å²) >= 11 is 0. The molecular formula is C23H37N3O3. The molecule has 3 amide bonds. The number of likely N-dealkylation sites (tertiary alicyclic amines) is 1. The van der Waals surface area contributed by atoms with Crippen molar-refractivity contribution in [2.45, 2.75) is 90.1 Å². The van der Waals surface area contributed by atoms with Gasteiger partial charge in [-0.2, -0.15) is 0 Å². The molecule has 0 aromatic rings. The van der Waals surface area contributed by atoms with Crippen molar-refractivity contribution >= 4 is 17.7 Å². The molecule has 6 heteroatoms. The Morgan fingerprint density at radius 2 is 1.69 bits per heavy atom. The van der Waals surface area contributed by atoms with E-state index in [1.807, 2.05) is 18.7 Å². The van der Waals surface area contributed by atoms with Gasteiger partial charge in [-0.25, -0.2) is 0 Å². The van der Waals surface area contributed by atoms with E-state index in [1.165, 1.54) is 19.3 Å². The monoisotopic (exact) mass is 403 g/mol. The van der Waals surface area contributed by atoms with Gasteiger partial charge in [0.15, 0.2) is 0 Å². The van der Waals surface area contributed by atoms with Crippen LogP contribution < -0.4 is 10.6 Å². The Bertz CT molecular complexity index is 626. The minimum absolute atomic E-state index is 0.0347. The number of carbonyl (C=O) groups is 3. The summed E-state index contributed by atoms with van der Waals surface area (Å²) in [5.41, 5.74) is -0.187. The topological polar surface area (TPSA) is 78.5 Å². The standard InChI is InChI=1S/C23H37N3O3/c1-3-15(2)25-20(27)6-7-24-21(28)19-5-4-8-26(19)22(29)23-12-16-9-17(13-23)11-18(10-16)14-23/h15-19H,3-14H2,1-2H3,(H,24,28)(H,25,27). The molecule has 162 valence electrons. The van der Waals surface area contributed by atoms with E-state index < -0.39 is 0 Å². The van der Waals surface area contributed by atoms with Crippen LogP contribution in [-0.4, -0.2) is 47.8 Å². The lowest BCUT2D eigenvalue weighted by Gasteiger charge is -2.56. The van der Waals surface area contributed by atoms with Crippen LogP contribution >= 0.6 is 0 Å². The first-order chi connectivity index (χ1) is 13.9. The number of hydrogen-bond acceptors (Lipinski definition) is 3. The number of rotatable bonds is 7. The number of nitrogens with one attached hydrogen (secondary N) is 2. The molecule has 4 aliphatic carbocycles. The average molecular weight is 404 g/mol. The molecule has 5 aliphatic rings. The van der Waals surface area contributed by atoms with Crippen molar-refractivity contribution in [3.63, 3.8) is 0 Å². The lowest BCUT2D eigenvalue weighted by Crippen LogP contribution is -2.57. The van der Waals surface area contributed by atoms with E-state index in [2.05, 4.69) is 10.6 Å². The van der Waals surface area contributed by atoms with Crippen LogP contribution in [0.2, 0.25) is 0 Å². The first-order valence-electron chi connectivity index (χ1n) is 11.8. The zero-order valence-corrected chi connectivity index (χ0v) is 18.0. The average Bonchev–Trinajstić information content (AvgIpc) is 3.15. The van der Waals surface area contributed by atoms with Gasteiger partial charge >= 0.3 is 0 Å². The third-order valence-electron chi connectivity index (χ3n) is 7.98. The number of carbonyl (C=O) groups excluding carboxylic acids is 3. The first kappa shape index (κ1) is 20.7. The van der Waals surface area contributed by atoms with Crippen molar-refractivity contribution in [2.75, 3.05) is 13.1 Å². The fourth-order valence-corrected chi connectivity index (χ4v) is 6.83. The maximum atomic E-state index is 13.6. The predicted molar refractivity (Wildman–Crippen MR) is 111 cm³/mol. The molecule has 1 saturated heterocycles. The Labute approximate surface area is 174 Å². The van der Waals surface area contributed by atoms with Gasteiger partial charge in [0.05, 0.1) is 5.41 Å². The van der Waals surface area contributed by atoms with Gasteiger partial charge in [-0.3, -0.25) is 14.4 Å². The van der Waals surface area contributed by atoms with E-state index in [-0.39, 0.29) is 41.6 Å². The van der Waals surface area contributed by atoms with E-state index in [0.29, 0.717) is 13.1 Å². The van der Waals surface area contributed by atoms with Gasteiger partial charge in [0.1, 0.15) is 6.04 Å². The summed E-state index contributed by atoms with van der Waals surface area (Å²) in [4.78, 5) is 40.3. The third-order valence-corrected chi connectivity index (χ3v) is 7.98. The highest BCUT2D eigenvalue weighted by atomic mass is 16.2. The van der Waals surface area contributed by atoms with Crippen LogP contribution in [0.15, 0.2) is 0 Å². The second kappa shape index (κ2) is 8.27. The largest absolute Gasteiger partial charge is 0.354 e. The Morgan fingerprint density at radius 3 is 2.28 bits per heavy atom. The summed E-state index contributed by atoms with van der Waals surface area (Å²) in [6.45, 7) is 5.04. The second-order valence-electron chi connectivity index (χ2n) is 10.3. The van der Waals surface area contributed by atoms with E-state index >= 15 is 0 Å². The van der Waals surface area contributed by atoms with Gasteiger partial charge < -0.3 is 15.5 Å². The molecule has 0 spiro atoms. The molecular weight excluding hydrogens is 366 g/mol. The summed E-state index contributed by atoms with van der Waals surface area (Å²) in [6, 6.07) is -0.199.